The van der Waals surface area contributed by atoms with Gasteiger partial charge in [-0.15, -0.1) is 5.10 Å². The van der Waals surface area contributed by atoms with Crippen LogP contribution in [0.2, 0.25) is 20.1 Å². The van der Waals surface area contributed by atoms with Crippen molar-refractivity contribution in [2.75, 3.05) is 19.7 Å². The molecule has 0 saturated heterocycles. The van der Waals surface area contributed by atoms with Crippen LogP contribution >= 0.6 is 46.4 Å². The van der Waals surface area contributed by atoms with Gasteiger partial charge in [-0.05, 0) is 108 Å². The maximum atomic E-state index is 14.2. The number of carbonyl (C=O) groups is 4. The Bertz CT molecular complexity index is 3370. The van der Waals surface area contributed by atoms with E-state index in [1.54, 1.807) is 72.8 Å². The van der Waals surface area contributed by atoms with Gasteiger partial charge in [-0.1, -0.05) is 113 Å². The first-order chi connectivity index (χ1) is 37.6. The number of aliphatic carboxylic acids is 1. The second-order valence-corrected chi connectivity index (χ2v) is 19.1. The lowest BCUT2D eigenvalue weighted by Gasteiger charge is -2.24. The molecule has 2 amide bonds. The van der Waals surface area contributed by atoms with E-state index in [9.17, 15) is 43.0 Å². The van der Waals surface area contributed by atoms with E-state index in [4.69, 9.17) is 67.2 Å². The summed E-state index contributed by atoms with van der Waals surface area (Å²) in [6, 6.07) is 34.6. The first-order valence-corrected chi connectivity index (χ1v) is 25.3. The first kappa shape index (κ1) is 60.8. The number of nitrogens with two attached hydrogens (primary N) is 1. The molecular formula is C54H51Cl4F2N9O10. The van der Waals surface area contributed by atoms with Crippen LogP contribution in [0.3, 0.4) is 0 Å². The Balaban J connectivity index is 0.000000210. The number of aromatic carboxylic acids is 1. The molecule has 2 heterocycles. The molecule has 0 radical (unpaired) electrons. The highest BCUT2D eigenvalue weighted by Crippen LogP contribution is 2.29. The number of hydrogen-bond acceptors (Lipinski definition) is 13. The highest BCUT2D eigenvalue weighted by molar-refractivity contribution is 6.42. The third kappa shape index (κ3) is 17.5. The average Bonchev–Trinajstić information content (AvgIpc) is 4.03. The van der Waals surface area contributed by atoms with Gasteiger partial charge in [-0.3, -0.25) is 25.8 Å². The van der Waals surface area contributed by atoms with E-state index in [-0.39, 0.29) is 24.3 Å². The number of amides is 2. The van der Waals surface area contributed by atoms with Gasteiger partial charge in [0.15, 0.2) is 18.0 Å². The van der Waals surface area contributed by atoms with Crippen LogP contribution in [0.25, 0.3) is 27.9 Å². The number of aliphatic imine (C=N–C) groups is 1. The third-order valence-corrected chi connectivity index (χ3v) is 12.4. The molecular weight excluding hydrogens is 1110 g/mol. The number of hydrazine groups is 2. The summed E-state index contributed by atoms with van der Waals surface area (Å²) in [7, 11) is 0. The predicted molar refractivity (Wildman–Crippen MR) is 294 cm³/mol. The molecule has 2 unspecified atom stereocenters. The van der Waals surface area contributed by atoms with E-state index in [0.29, 0.717) is 73.3 Å². The van der Waals surface area contributed by atoms with E-state index in [0.717, 1.165) is 15.8 Å². The summed E-state index contributed by atoms with van der Waals surface area (Å²) in [4.78, 5) is 64.8. The van der Waals surface area contributed by atoms with Crippen molar-refractivity contribution in [1.29, 1.82) is 0 Å². The highest BCUT2D eigenvalue weighted by Gasteiger charge is 2.32. The average molecular weight is 1170 g/mol. The minimum atomic E-state index is -1.81. The van der Waals surface area contributed by atoms with Crippen molar-refractivity contribution >= 4 is 76.0 Å². The fraction of sp³-hybridized carbons (Fsp3) is 0.204. The Morgan fingerprint density at radius 1 is 0.759 bits per heavy atom. The smallest absolute Gasteiger partial charge is 0.373 e. The van der Waals surface area contributed by atoms with E-state index in [1.807, 2.05) is 38.1 Å². The quantitative estimate of drug-likeness (QED) is 0.0283. The number of aromatic nitrogens is 3. The summed E-state index contributed by atoms with van der Waals surface area (Å²) < 4.78 is 34.4. The number of carbonyl (C=O) groups excluding carboxylic acids is 2. The summed E-state index contributed by atoms with van der Waals surface area (Å²) in [6.45, 7) is 4.52. The van der Waals surface area contributed by atoms with Crippen LogP contribution in [0.15, 0.2) is 143 Å². The molecule has 79 heavy (non-hydrogen) atoms. The van der Waals surface area contributed by atoms with Crippen LogP contribution in [0.1, 0.15) is 47.2 Å². The SMILES string of the molecule is CCOC(C)[C@H](O)CN(N)Cc1ccc(-c2cc(Cl)ccc2F)cc1.O=C(NN(Cc1ccc(-c2cc(Cl)ccc2F)cc1)C[C@@H](O)C(=O)O)C1=NC(c2cccc(Cl)c2)C(=O)N1.O=C(O)c1nn(-c2cccc(Cl)c2)c(=O)[nH]1. The Morgan fingerprint density at radius 2 is 1.30 bits per heavy atom. The Kier molecular flexibility index (Phi) is 21.9. The summed E-state index contributed by atoms with van der Waals surface area (Å²) in [5.74, 6) is 0.410. The second kappa shape index (κ2) is 28.5. The molecule has 0 saturated carbocycles. The third-order valence-electron chi connectivity index (χ3n) is 11.5. The number of aliphatic hydroxyl groups is 2. The van der Waals surface area contributed by atoms with Crippen molar-refractivity contribution in [2.45, 2.75) is 51.3 Å². The van der Waals surface area contributed by atoms with Crippen LogP contribution in [0.4, 0.5) is 8.78 Å². The fourth-order valence-electron chi connectivity index (χ4n) is 7.56. The topological polar surface area (TPSA) is 278 Å². The summed E-state index contributed by atoms with van der Waals surface area (Å²) >= 11 is 23.6. The van der Waals surface area contributed by atoms with E-state index < -0.39 is 65.9 Å². The molecule has 1 aromatic heterocycles. The summed E-state index contributed by atoms with van der Waals surface area (Å²) in [5, 5.41) is 48.2. The number of amidine groups is 1. The monoisotopic (exact) mass is 1160 g/mol. The minimum absolute atomic E-state index is 0.0205. The molecule has 19 nitrogen and oxygen atoms in total. The van der Waals surface area contributed by atoms with Crippen molar-refractivity contribution in [1.82, 2.24) is 35.5 Å². The molecule has 4 atom stereocenters. The van der Waals surface area contributed by atoms with E-state index >= 15 is 0 Å². The maximum absolute atomic E-state index is 14.2. The van der Waals surface area contributed by atoms with Gasteiger partial charge in [0.1, 0.15) is 11.6 Å². The predicted octanol–water partition coefficient (Wildman–Crippen LogP) is 7.87. The normalized spacial score (nSPS) is 14.0. The van der Waals surface area contributed by atoms with Gasteiger partial charge >= 0.3 is 23.5 Å². The van der Waals surface area contributed by atoms with Gasteiger partial charge in [-0.25, -0.2) is 38.2 Å². The molecule has 1 aliphatic rings. The number of carboxylic acids is 2. The first-order valence-electron chi connectivity index (χ1n) is 23.8. The van der Waals surface area contributed by atoms with Gasteiger partial charge in [0.2, 0.25) is 5.82 Å². The van der Waals surface area contributed by atoms with E-state index in [2.05, 4.69) is 25.8 Å². The van der Waals surface area contributed by atoms with E-state index in [1.165, 1.54) is 46.4 Å². The number of H-pyrrole nitrogens is 1. The molecule has 414 valence electrons. The number of rotatable bonds is 19. The van der Waals surface area contributed by atoms with Crippen LogP contribution in [-0.4, -0.2) is 113 Å². The number of aliphatic hydroxyl groups excluding tert-OH is 2. The van der Waals surface area contributed by atoms with Crippen LogP contribution < -0.4 is 22.3 Å². The Labute approximate surface area is 470 Å². The number of benzene rings is 6. The van der Waals surface area contributed by atoms with Crippen molar-refractivity contribution < 1.29 is 53.1 Å². The Morgan fingerprint density at radius 3 is 1.82 bits per heavy atom. The molecule has 25 heteroatoms. The van der Waals surface area contributed by atoms with Gasteiger partial charge in [0.05, 0.1) is 24.4 Å². The molecule has 0 fully saturated rings. The molecule has 9 N–H and O–H groups in total. The van der Waals surface area contributed by atoms with Crippen molar-refractivity contribution in [3.05, 3.63) is 198 Å². The highest BCUT2D eigenvalue weighted by atomic mass is 35.5. The fourth-order valence-corrected chi connectivity index (χ4v) is 8.29. The van der Waals surface area contributed by atoms with Crippen LogP contribution in [0, 0.1) is 11.6 Å². The van der Waals surface area contributed by atoms with Gasteiger partial charge in [0.25, 0.3) is 5.91 Å². The number of ether oxygens (including phenoxy) is 1. The zero-order valence-electron chi connectivity index (χ0n) is 41.9. The molecule has 8 rings (SSSR count). The van der Waals surface area contributed by atoms with Crippen LogP contribution in [0.5, 0.6) is 0 Å². The van der Waals surface area contributed by atoms with Crippen molar-refractivity contribution in [3.63, 3.8) is 0 Å². The molecule has 0 spiro atoms. The molecule has 6 aromatic carbocycles. The number of nitrogens with one attached hydrogen (secondary N) is 3. The van der Waals surface area contributed by atoms with Crippen molar-refractivity contribution in [3.8, 4) is 27.9 Å². The standard InChI is InChI=1S/C26H21Cl2FN4O5.C19H24ClFN2O2.C9H6ClN3O3/c27-17-3-1-2-16(10-17)22-24(35)31-23(30-22)25(36)32-33(13-21(34)26(37)38)12-14-4-6-15(7-5-14)19-11-18(28)8-9-20(19)29;1-3-25-13(2)19(24)12-23(22)11-14-4-6-15(7-5-14)17-10-16(20)8-9-18(17)21;10-5-2-1-3-6(4-5)13-9(16)11-7(12-13)8(14)15/h1-11,21-22,34H,12-13H2,(H,32,36)(H,37,38)(H,30,31,35);4-10,13,19,24H,3,11-12,22H2,1-2H3;1-4H,(H,14,15)(H,11,12,16)/t21-,22?;13?,19-;/m11./s1. The van der Waals surface area contributed by atoms with Crippen molar-refractivity contribution in [2.24, 2.45) is 10.8 Å². The zero-order chi connectivity index (χ0) is 57.5. The minimum Gasteiger partial charge on any atom is -0.479 e. The number of halogens is 6. The van der Waals surface area contributed by atoms with Gasteiger partial charge in [-0.2, -0.15) is 4.68 Å². The lowest BCUT2D eigenvalue weighted by molar-refractivity contribution is -0.148. The lowest BCUT2D eigenvalue weighted by atomic mass is 10.0. The molecule has 7 aromatic rings. The number of nitrogens with zero attached hydrogens (tertiary/aromatic N) is 5. The van der Waals surface area contributed by atoms with Gasteiger partial charge < -0.3 is 30.5 Å². The second-order valence-electron chi connectivity index (χ2n) is 17.4. The number of hydrogen-bond donors (Lipinski definition) is 8. The number of aromatic amines is 1. The van der Waals surface area contributed by atoms with Gasteiger partial charge in [0, 0.05) is 57.5 Å². The zero-order valence-corrected chi connectivity index (χ0v) is 44.9. The largest absolute Gasteiger partial charge is 0.479 e. The maximum Gasteiger partial charge on any atom is 0.373 e. The lowest BCUT2D eigenvalue weighted by Crippen LogP contribution is -2.51. The van der Waals surface area contributed by atoms with Crippen LogP contribution in [-0.2, 0) is 32.2 Å². The number of carboxylic acid groups (broad SMARTS) is 2. The molecule has 0 aliphatic carbocycles. The molecule has 1 aliphatic heterocycles. The summed E-state index contributed by atoms with van der Waals surface area (Å²) in [5.41, 5.74) is 6.41. The Hall–Kier alpha value is -7.41. The summed E-state index contributed by atoms with van der Waals surface area (Å²) in [6.07, 6.45) is -2.75. The molecule has 0 bridgehead atoms.